The Morgan fingerprint density at radius 1 is 0.867 bits per heavy atom. The van der Waals surface area contributed by atoms with Crippen molar-refractivity contribution < 1.29 is 14.3 Å². The van der Waals surface area contributed by atoms with Gasteiger partial charge in [0.25, 0.3) is 0 Å². The van der Waals surface area contributed by atoms with Gasteiger partial charge >= 0.3 is 0 Å². The molecule has 0 spiro atoms. The number of carbonyl (C=O) groups excluding carboxylic acids is 2. The zero-order valence-corrected chi connectivity index (χ0v) is 17.9. The van der Waals surface area contributed by atoms with E-state index in [1.54, 1.807) is 0 Å². The average Bonchev–Trinajstić information content (AvgIpc) is 2.80. The number of piperazine rings is 1. The second-order valence-electron chi connectivity index (χ2n) is 8.65. The Morgan fingerprint density at radius 2 is 1.57 bits per heavy atom. The second kappa shape index (κ2) is 10.4. The van der Waals surface area contributed by atoms with Crippen molar-refractivity contribution in [3.05, 3.63) is 35.9 Å². The molecule has 1 unspecified atom stereocenters. The molecule has 30 heavy (non-hydrogen) atoms. The molecule has 3 saturated heterocycles. The van der Waals surface area contributed by atoms with Gasteiger partial charge in [-0.3, -0.25) is 19.4 Å². The maximum absolute atomic E-state index is 13.1. The predicted octanol–water partition coefficient (Wildman–Crippen LogP) is 0.902. The van der Waals surface area contributed by atoms with Crippen molar-refractivity contribution in [3.63, 3.8) is 0 Å². The van der Waals surface area contributed by atoms with Crippen molar-refractivity contribution in [2.24, 2.45) is 5.92 Å². The number of hydrogen-bond acceptors (Lipinski definition) is 5. The highest BCUT2D eigenvalue weighted by Gasteiger charge is 2.32. The maximum Gasteiger partial charge on any atom is 0.236 e. The number of benzene rings is 1. The zero-order chi connectivity index (χ0) is 20.8. The summed E-state index contributed by atoms with van der Waals surface area (Å²) in [7, 11) is 0. The van der Waals surface area contributed by atoms with Gasteiger partial charge in [0.15, 0.2) is 0 Å². The molecule has 0 aromatic heterocycles. The molecule has 1 aromatic rings. The third kappa shape index (κ3) is 5.59. The van der Waals surface area contributed by atoms with E-state index in [0.29, 0.717) is 45.9 Å². The number of morpholine rings is 1. The van der Waals surface area contributed by atoms with Crippen LogP contribution >= 0.6 is 0 Å². The molecule has 7 heteroatoms. The summed E-state index contributed by atoms with van der Waals surface area (Å²) in [5, 5.41) is 0. The Morgan fingerprint density at radius 3 is 2.30 bits per heavy atom. The molecule has 4 rings (SSSR count). The van der Waals surface area contributed by atoms with Gasteiger partial charge in [0.05, 0.1) is 25.7 Å². The fourth-order valence-corrected chi connectivity index (χ4v) is 4.73. The molecule has 0 N–H and O–H groups in total. The fraction of sp³-hybridized carbons (Fsp3) is 0.652. The number of piperidine rings is 1. The Bertz CT molecular complexity index is 700. The molecule has 1 aromatic carbocycles. The second-order valence-corrected chi connectivity index (χ2v) is 8.65. The van der Waals surface area contributed by atoms with E-state index in [1.165, 1.54) is 5.56 Å². The first-order valence-electron chi connectivity index (χ1n) is 11.3. The Hall–Kier alpha value is -1.96. The number of amides is 2. The Kier molecular flexibility index (Phi) is 7.36. The highest BCUT2D eigenvalue weighted by atomic mass is 16.5. The third-order valence-electron chi connectivity index (χ3n) is 6.51. The van der Waals surface area contributed by atoms with Crippen molar-refractivity contribution in [3.8, 4) is 0 Å². The lowest BCUT2D eigenvalue weighted by molar-refractivity contribution is -0.144. The van der Waals surface area contributed by atoms with Crippen LogP contribution in [0.4, 0.5) is 0 Å². The van der Waals surface area contributed by atoms with Crippen molar-refractivity contribution in [2.75, 3.05) is 72.1 Å². The molecule has 3 heterocycles. The smallest absolute Gasteiger partial charge is 0.236 e. The molecule has 1 atom stereocenters. The molecule has 3 fully saturated rings. The lowest BCUT2D eigenvalue weighted by Crippen LogP contribution is -2.55. The Balaban J connectivity index is 1.23. The molecule has 164 valence electrons. The summed E-state index contributed by atoms with van der Waals surface area (Å²) in [5.41, 5.74) is 1.30. The van der Waals surface area contributed by atoms with Crippen LogP contribution in [0.5, 0.6) is 0 Å². The van der Waals surface area contributed by atoms with Gasteiger partial charge in [-0.15, -0.1) is 0 Å². The molecule has 0 saturated carbocycles. The van der Waals surface area contributed by atoms with Crippen molar-refractivity contribution in [1.29, 1.82) is 0 Å². The predicted molar refractivity (Wildman–Crippen MR) is 115 cm³/mol. The molecule has 3 aliphatic rings. The van der Waals surface area contributed by atoms with Crippen LogP contribution in [0.3, 0.4) is 0 Å². The zero-order valence-electron chi connectivity index (χ0n) is 17.9. The SMILES string of the molecule is O=C(CN1CCOCC1)N1CCN(C(=O)C2CCCN(Cc3ccccc3)C2)CC1. The molecule has 3 aliphatic heterocycles. The van der Waals surface area contributed by atoms with Crippen LogP contribution in [0.15, 0.2) is 30.3 Å². The highest BCUT2D eigenvalue weighted by Crippen LogP contribution is 2.21. The van der Waals surface area contributed by atoms with Crippen LogP contribution in [-0.4, -0.2) is 104 Å². The van der Waals surface area contributed by atoms with Crippen LogP contribution in [0.25, 0.3) is 0 Å². The molecule has 7 nitrogen and oxygen atoms in total. The Labute approximate surface area is 179 Å². The average molecular weight is 415 g/mol. The normalized spacial score (nSPS) is 24.1. The van der Waals surface area contributed by atoms with Crippen LogP contribution in [0.1, 0.15) is 18.4 Å². The van der Waals surface area contributed by atoms with E-state index in [2.05, 4.69) is 34.1 Å². The van der Waals surface area contributed by atoms with Gasteiger partial charge in [-0.05, 0) is 24.9 Å². The van der Waals surface area contributed by atoms with Gasteiger partial charge in [0, 0.05) is 52.4 Å². The minimum atomic E-state index is 0.0815. The van der Waals surface area contributed by atoms with E-state index in [9.17, 15) is 9.59 Å². The van der Waals surface area contributed by atoms with Gasteiger partial charge in [-0.2, -0.15) is 0 Å². The van der Waals surface area contributed by atoms with E-state index in [1.807, 2.05) is 15.9 Å². The lowest BCUT2D eigenvalue weighted by atomic mass is 9.95. The van der Waals surface area contributed by atoms with Gasteiger partial charge in [0.2, 0.25) is 11.8 Å². The van der Waals surface area contributed by atoms with Crippen molar-refractivity contribution in [2.45, 2.75) is 19.4 Å². The quantitative estimate of drug-likeness (QED) is 0.717. The van der Waals surface area contributed by atoms with Crippen LogP contribution in [0.2, 0.25) is 0 Å². The number of likely N-dealkylation sites (tertiary alicyclic amines) is 1. The van der Waals surface area contributed by atoms with E-state index >= 15 is 0 Å². The van der Waals surface area contributed by atoms with Crippen molar-refractivity contribution in [1.82, 2.24) is 19.6 Å². The fourth-order valence-electron chi connectivity index (χ4n) is 4.73. The molecular formula is C23H34N4O3. The van der Waals surface area contributed by atoms with Gasteiger partial charge < -0.3 is 14.5 Å². The lowest BCUT2D eigenvalue weighted by Gasteiger charge is -2.39. The van der Waals surface area contributed by atoms with E-state index in [-0.39, 0.29) is 17.7 Å². The van der Waals surface area contributed by atoms with Crippen LogP contribution < -0.4 is 0 Å². The highest BCUT2D eigenvalue weighted by molar-refractivity contribution is 5.81. The van der Waals surface area contributed by atoms with Crippen LogP contribution in [-0.2, 0) is 20.9 Å². The molecule has 0 bridgehead atoms. The molecular weight excluding hydrogens is 380 g/mol. The molecule has 0 radical (unpaired) electrons. The standard InChI is InChI=1S/C23H34N4O3/c28-22(19-24-13-15-30-16-14-24)26-9-11-27(12-10-26)23(29)21-7-4-8-25(18-21)17-20-5-2-1-3-6-20/h1-3,5-6,21H,4,7-19H2. The van der Waals surface area contributed by atoms with Crippen LogP contribution in [0, 0.1) is 5.92 Å². The maximum atomic E-state index is 13.1. The summed E-state index contributed by atoms with van der Waals surface area (Å²) in [6, 6.07) is 10.5. The first-order chi connectivity index (χ1) is 14.7. The summed E-state index contributed by atoms with van der Waals surface area (Å²) >= 11 is 0. The topological polar surface area (TPSA) is 56.3 Å². The summed E-state index contributed by atoms with van der Waals surface area (Å²) in [6.07, 6.45) is 2.04. The number of hydrogen-bond donors (Lipinski definition) is 0. The number of carbonyl (C=O) groups is 2. The van der Waals surface area contributed by atoms with Crippen molar-refractivity contribution >= 4 is 11.8 Å². The summed E-state index contributed by atoms with van der Waals surface area (Å²) in [5.74, 6) is 0.529. The largest absolute Gasteiger partial charge is 0.379 e. The summed E-state index contributed by atoms with van der Waals surface area (Å²) in [4.78, 5) is 34.2. The third-order valence-corrected chi connectivity index (χ3v) is 6.51. The monoisotopic (exact) mass is 414 g/mol. The van der Waals surface area contributed by atoms with E-state index < -0.39 is 0 Å². The van der Waals surface area contributed by atoms with Gasteiger partial charge in [0.1, 0.15) is 0 Å². The first kappa shape index (κ1) is 21.3. The summed E-state index contributed by atoms with van der Waals surface area (Å²) < 4.78 is 5.35. The van der Waals surface area contributed by atoms with Gasteiger partial charge in [-0.25, -0.2) is 0 Å². The minimum absolute atomic E-state index is 0.0815. The number of nitrogens with zero attached hydrogens (tertiary/aromatic N) is 4. The van der Waals surface area contributed by atoms with E-state index in [0.717, 1.165) is 45.6 Å². The number of rotatable bonds is 5. The molecule has 2 amide bonds. The first-order valence-corrected chi connectivity index (χ1v) is 11.3. The minimum Gasteiger partial charge on any atom is -0.379 e. The van der Waals surface area contributed by atoms with Gasteiger partial charge in [-0.1, -0.05) is 30.3 Å². The summed E-state index contributed by atoms with van der Waals surface area (Å²) in [6.45, 7) is 8.94. The molecule has 0 aliphatic carbocycles. The van der Waals surface area contributed by atoms with E-state index in [4.69, 9.17) is 4.74 Å². The number of ether oxygens (including phenoxy) is 1.